The number of hydrogen-bond acceptors (Lipinski definition) is 0. The minimum absolute atomic E-state index is 0.844. The fourth-order valence-corrected chi connectivity index (χ4v) is 1.41. The normalized spacial score (nSPS) is 13.0. The molecule has 0 spiro atoms. The fourth-order valence-electron chi connectivity index (χ4n) is 1.41. The van der Waals surface area contributed by atoms with Crippen LogP contribution in [-0.4, -0.2) is 0 Å². The molecular formula is C13H22. The molecule has 0 nitrogen and oxygen atoms in total. The van der Waals surface area contributed by atoms with Crippen LogP contribution in [0.4, 0.5) is 0 Å². The lowest BCUT2D eigenvalue weighted by Gasteiger charge is -2.10. The van der Waals surface area contributed by atoms with Crippen molar-refractivity contribution in [1.82, 2.24) is 0 Å². The summed E-state index contributed by atoms with van der Waals surface area (Å²) in [5.41, 5.74) is 0. The third-order valence-electron chi connectivity index (χ3n) is 2.34. The summed E-state index contributed by atoms with van der Waals surface area (Å²) >= 11 is 0. The predicted octanol–water partition coefficient (Wildman–Crippen LogP) is 4.50. The van der Waals surface area contributed by atoms with E-state index in [9.17, 15) is 0 Å². The van der Waals surface area contributed by atoms with Gasteiger partial charge in [0.05, 0.1) is 0 Å². The molecule has 74 valence electrons. The summed E-state index contributed by atoms with van der Waals surface area (Å²) in [6.07, 6.45) is 14.3. The summed E-state index contributed by atoms with van der Waals surface area (Å²) in [6, 6.07) is 0. The van der Waals surface area contributed by atoms with Crippen molar-refractivity contribution in [2.75, 3.05) is 0 Å². The van der Waals surface area contributed by atoms with Gasteiger partial charge in [-0.3, -0.25) is 0 Å². The molecule has 0 aromatic rings. The second-order valence-electron chi connectivity index (χ2n) is 3.39. The standard InChI is InChI=1S/C13H22/c1-4-7-9-11-13(6-3)12-10-8-5-2/h4-5,7,9,13H,1-2,6,8,10-12H2,3H3. The van der Waals surface area contributed by atoms with E-state index in [-0.39, 0.29) is 0 Å². The van der Waals surface area contributed by atoms with Crippen LogP contribution in [0, 0.1) is 5.92 Å². The Labute approximate surface area is 83.0 Å². The van der Waals surface area contributed by atoms with Gasteiger partial charge in [0.25, 0.3) is 0 Å². The number of hydrogen-bond donors (Lipinski definition) is 0. The van der Waals surface area contributed by atoms with Gasteiger partial charge in [-0.1, -0.05) is 44.2 Å². The Morgan fingerprint density at radius 1 is 1.31 bits per heavy atom. The molecule has 0 heterocycles. The molecule has 0 aliphatic carbocycles. The molecule has 0 heteroatoms. The average Bonchev–Trinajstić information content (AvgIpc) is 2.16. The monoisotopic (exact) mass is 178 g/mol. The van der Waals surface area contributed by atoms with E-state index < -0.39 is 0 Å². The summed E-state index contributed by atoms with van der Waals surface area (Å²) in [5.74, 6) is 0.844. The van der Waals surface area contributed by atoms with Gasteiger partial charge in [0, 0.05) is 0 Å². The van der Waals surface area contributed by atoms with E-state index in [1.807, 2.05) is 18.2 Å². The maximum Gasteiger partial charge on any atom is -0.0319 e. The van der Waals surface area contributed by atoms with Crippen LogP contribution in [-0.2, 0) is 0 Å². The van der Waals surface area contributed by atoms with Gasteiger partial charge < -0.3 is 0 Å². The van der Waals surface area contributed by atoms with Crippen LogP contribution in [0.15, 0.2) is 37.5 Å². The largest absolute Gasteiger partial charge is 0.103 e. The van der Waals surface area contributed by atoms with E-state index in [1.165, 1.54) is 25.7 Å². The minimum atomic E-state index is 0.844. The third-order valence-corrected chi connectivity index (χ3v) is 2.34. The zero-order valence-electron chi connectivity index (χ0n) is 8.84. The van der Waals surface area contributed by atoms with E-state index >= 15 is 0 Å². The first-order chi connectivity index (χ1) is 6.35. The average molecular weight is 178 g/mol. The number of unbranched alkanes of at least 4 members (excludes halogenated alkanes) is 1. The summed E-state index contributed by atoms with van der Waals surface area (Å²) in [5, 5.41) is 0. The van der Waals surface area contributed by atoms with E-state index in [4.69, 9.17) is 0 Å². The van der Waals surface area contributed by atoms with E-state index in [0.717, 1.165) is 12.3 Å². The highest BCUT2D eigenvalue weighted by molar-refractivity contribution is 4.97. The highest BCUT2D eigenvalue weighted by Gasteiger charge is 2.02. The van der Waals surface area contributed by atoms with Gasteiger partial charge in [0.1, 0.15) is 0 Å². The quantitative estimate of drug-likeness (QED) is 0.291. The van der Waals surface area contributed by atoms with Crippen LogP contribution in [0.2, 0.25) is 0 Å². The highest BCUT2D eigenvalue weighted by atomic mass is 14.1. The molecule has 13 heavy (non-hydrogen) atoms. The van der Waals surface area contributed by atoms with Crippen molar-refractivity contribution in [3.05, 3.63) is 37.5 Å². The van der Waals surface area contributed by atoms with Crippen molar-refractivity contribution in [3.8, 4) is 0 Å². The first-order valence-corrected chi connectivity index (χ1v) is 5.23. The van der Waals surface area contributed by atoms with Crippen LogP contribution >= 0.6 is 0 Å². The molecule has 1 atom stereocenters. The summed E-state index contributed by atoms with van der Waals surface area (Å²) in [4.78, 5) is 0. The van der Waals surface area contributed by atoms with Crippen molar-refractivity contribution in [3.63, 3.8) is 0 Å². The predicted molar refractivity (Wildman–Crippen MR) is 61.8 cm³/mol. The molecule has 0 saturated carbocycles. The molecule has 0 aliphatic heterocycles. The second-order valence-corrected chi connectivity index (χ2v) is 3.39. The van der Waals surface area contributed by atoms with Crippen LogP contribution in [0.25, 0.3) is 0 Å². The Morgan fingerprint density at radius 3 is 2.62 bits per heavy atom. The Balaban J connectivity index is 3.55. The zero-order valence-corrected chi connectivity index (χ0v) is 8.84. The lowest BCUT2D eigenvalue weighted by Crippen LogP contribution is -1.96. The molecule has 1 unspecified atom stereocenters. The van der Waals surface area contributed by atoms with Crippen molar-refractivity contribution in [1.29, 1.82) is 0 Å². The van der Waals surface area contributed by atoms with Crippen LogP contribution < -0.4 is 0 Å². The van der Waals surface area contributed by atoms with Crippen LogP contribution in [0.3, 0.4) is 0 Å². The Bertz CT molecular complexity index is 153. The number of allylic oxidation sites excluding steroid dienone is 4. The van der Waals surface area contributed by atoms with Crippen molar-refractivity contribution in [2.45, 2.75) is 39.0 Å². The van der Waals surface area contributed by atoms with E-state index in [1.54, 1.807) is 0 Å². The molecule has 0 aromatic carbocycles. The summed E-state index contributed by atoms with van der Waals surface area (Å²) < 4.78 is 0. The first-order valence-electron chi connectivity index (χ1n) is 5.23. The lowest BCUT2D eigenvalue weighted by molar-refractivity contribution is 0.461. The van der Waals surface area contributed by atoms with Crippen molar-refractivity contribution in [2.24, 2.45) is 5.92 Å². The Hall–Kier alpha value is -0.780. The maximum absolute atomic E-state index is 3.73. The van der Waals surface area contributed by atoms with Gasteiger partial charge in [0.15, 0.2) is 0 Å². The lowest BCUT2D eigenvalue weighted by atomic mass is 9.95. The summed E-state index contributed by atoms with van der Waals surface area (Å²) in [7, 11) is 0. The molecule has 0 aliphatic rings. The summed E-state index contributed by atoms with van der Waals surface area (Å²) in [6.45, 7) is 9.65. The van der Waals surface area contributed by atoms with Gasteiger partial charge >= 0.3 is 0 Å². The third kappa shape index (κ3) is 7.58. The molecule has 0 amide bonds. The molecule has 0 fully saturated rings. The highest BCUT2D eigenvalue weighted by Crippen LogP contribution is 2.17. The smallest absolute Gasteiger partial charge is 0.0319 e. The minimum Gasteiger partial charge on any atom is -0.103 e. The Morgan fingerprint density at radius 2 is 2.08 bits per heavy atom. The van der Waals surface area contributed by atoms with Gasteiger partial charge in [0.2, 0.25) is 0 Å². The first kappa shape index (κ1) is 12.2. The SMILES string of the molecule is C=CC=CCC(CC)CCCC=C. The van der Waals surface area contributed by atoms with Gasteiger partial charge in [-0.15, -0.1) is 6.58 Å². The van der Waals surface area contributed by atoms with E-state index in [2.05, 4.69) is 26.2 Å². The zero-order chi connectivity index (χ0) is 9.94. The second kappa shape index (κ2) is 9.31. The topological polar surface area (TPSA) is 0 Å². The maximum atomic E-state index is 3.73. The molecule has 0 aromatic heterocycles. The number of rotatable bonds is 8. The van der Waals surface area contributed by atoms with E-state index in [0.29, 0.717) is 0 Å². The molecule has 0 rings (SSSR count). The van der Waals surface area contributed by atoms with Crippen LogP contribution in [0.5, 0.6) is 0 Å². The molecule has 0 radical (unpaired) electrons. The van der Waals surface area contributed by atoms with Gasteiger partial charge in [-0.2, -0.15) is 0 Å². The van der Waals surface area contributed by atoms with Crippen molar-refractivity contribution < 1.29 is 0 Å². The molecular weight excluding hydrogens is 156 g/mol. The molecule has 0 N–H and O–H groups in total. The van der Waals surface area contributed by atoms with Gasteiger partial charge in [-0.25, -0.2) is 0 Å². The fraction of sp³-hybridized carbons (Fsp3) is 0.538. The van der Waals surface area contributed by atoms with Crippen LogP contribution in [0.1, 0.15) is 39.0 Å². The molecule has 0 bridgehead atoms. The van der Waals surface area contributed by atoms with Crippen molar-refractivity contribution >= 4 is 0 Å². The molecule has 0 saturated heterocycles. The Kier molecular flexibility index (Phi) is 8.75. The van der Waals surface area contributed by atoms with Gasteiger partial charge in [-0.05, 0) is 31.6 Å².